The van der Waals surface area contributed by atoms with Gasteiger partial charge in [0.15, 0.2) is 0 Å². The van der Waals surface area contributed by atoms with Gasteiger partial charge in [-0.05, 0) is 49.6 Å². The van der Waals surface area contributed by atoms with Gasteiger partial charge in [-0.1, -0.05) is 42.5 Å². The molecule has 144 valence electrons. The van der Waals surface area contributed by atoms with Crippen molar-refractivity contribution in [1.29, 1.82) is 0 Å². The number of fused-ring (bicyclic) bond motifs is 1. The summed E-state index contributed by atoms with van der Waals surface area (Å²) in [6.07, 6.45) is 1.91. The molecule has 0 saturated carbocycles. The normalized spacial score (nSPS) is 14.4. The van der Waals surface area contributed by atoms with E-state index >= 15 is 0 Å². The number of carbonyl (C=O) groups is 1. The molecule has 3 aromatic rings. The number of para-hydroxylation sites is 1. The molecular weight excluding hydrogens is 384 g/mol. The van der Waals surface area contributed by atoms with E-state index in [1.807, 2.05) is 23.9 Å². The highest BCUT2D eigenvalue weighted by molar-refractivity contribution is 7.99. The highest BCUT2D eigenvalue weighted by Crippen LogP contribution is 2.41. The number of thiophene rings is 1. The summed E-state index contributed by atoms with van der Waals surface area (Å²) < 4.78 is 0. The number of aryl methyl sites for hydroxylation is 1. The maximum absolute atomic E-state index is 12.7. The molecule has 1 aromatic heterocycles. The summed E-state index contributed by atoms with van der Waals surface area (Å²) in [5.74, 6) is 1.09. The minimum Gasteiger partial charge on any atom is -0.349 e. The zero-order valence-electron chi connectivity index (χ0n) is 15.9. The molecular formula is C23H24N2OS2. The number of thioether (sulfide) groups is 1. The van der Waals surface area contributed by atoms with Crippen molar-refractivity contribution in [3.8, 4) is 0 Å². The third-order valence-corrected chi connectivity index (χ3v) is 7.05. The molecule has 5 heteroatoms. The molecule has 0 saturated heterocycles. The Hall–Kier alpha value is -2.24. The number of nitrogens with zero attached hydrogens (tertiary/aromatic N) is 1. The first-order chi connectivity index (χ1) is 13.7. The van der Waals surface area contributed by atoms with Crippen LogP contribution in [0.3, 0.4) is 0 Å². The number of hydrogen-bond acceptors (Lipinski definition) is 4. The van der Waals surface area contributed by atoms with Gasteiger partial charge in [0.05, 0.1) is 15.6 Å². The zero-order valence-corrected chi connectivity index (χ0v) is 17.6. The second-order valence-electron chi connectivity index (χ2n) is 7.00. The first kappa shape index (κ1) is 19.1. The van der Waals surface area contributed by atoms with Gasteiger partial charge in [-0.2, -0.15) is 0 Å². The molecule has 1 amide bonds. The molecule has 1 unspecified atom stereocenters. The van der Waals surface area contributed by atoms with E-state index in [0.717, 1.165) is 35.0 Å². The number of anilines is 2. The third kappa shape index (κ3) is 4.42. The average Bonchev–Trinajstić information content (AvgIpc) is 3.23. The largest absolute Gasteiger partial charge is 0.349 e. The van der Waals surface area contributed by atoms with Crippen LogP contribution in [0.1, 0.15) is 28.6 Å². The van der Waals surface area contributed by atoms with Crippen molar-refractivity contribution in [2.75, 3.05) is 17.2 Å². The molecule has 0 spiro atoms. The SMILES string of the molecule is CC(CCc1ccccc1)NC(=O)c1ccc(N2CCSc3ccccc32)s1. The fourth-order valence-corrected chi connectivity index (χ4v) is 5.33. The van der Waals surface area contributed by atoms with Gasteiger partial charge >= 0.3 is 0 Å². The van der Waals surface area contributed by atoms with E-state index in [1.165, 1.54) is 16.1 Å². The number of rotatable bonds is 6. The summed E-state index contributed by atoms with van der Waals surface area (Å²) in [4.78, 5) is 17.1. The molecule has 28 heavy (non-hydrogen) atoms. The van der Waals surface area contributed by atoms with Crippen LogP contribution in [0, 0.1) is 0 Å². The summed E-state index contributed by atoms with van der Waals surface area (Å²) >= 11 is 3.47. The van der Waals surface area contributed by atoms with Crippen LogP contribution in [0.5, 0.6) is 0 Å². The van der Waals surface area contributed by atoms with Crippen molar-refractivity contribution in [3.63, 3.8) is 0 Å². The quantitative estimate of drug-likeness (QED) is 0.564. The number of amides is 1. The highest BCUT2D eigenvalue weighted by atomic mass is 32.2. The molecule has 2 aromatic carbocycles. The number of nitrogens with one attached hydrogen (secondary N) is 1. The Labute approximate surface area is 174 Å². The molecule has 0 radical (unpaired) electrons. The van der Waals surface area contributed by atoms with Crippen molar-refractivity contribution in [2.45, 2.75) is 30.7 Å². The van der Waals surface area contributed by atoms with Crippen LogP contribution in [0.4, 0.5) is 10.7 Å². The minimum atomic E-state index is 0.0245. The predicted octanol–water partition coefficient (Wildman–Crippen LogP) is 5.74. The first-order valence-electron chi connectivity index (χ1n) is 9.65. The van der Waals surface area contributed by atoms with Gasteiger partial charge in [0.25, 0.3) is 5.91 Å². The lowest BCUT2D eigenvalue weighted by molar-refractivity contribution is 0.0942. The minimum absolute atomic E-state index is 0.0245. The van der Waals surface area contributed by atoms with Crippen LogP contribution in [-0.2, 0) is 6.42 Å². The summed E-state index contributed by atoms with van der Waals surface area (Å²) in [5.41, 5.74) is 2.55. The smallest absolute Gasteiger partial charge is 0.261 e. The van der Waals surface area contributed by atoms with E-state index < -0.39 is 0 Å². The van der Waals surface area contributed by atoms with Gasteiger partial charge in [0.2, 0.25) is 0 Å². The number of benzene rings is 2. The summed E-state index contributed by atoms with van der Waals surface area (Å²) in [6.45, 7) is 3.05. The number of carbonyl (C=O) groups excluding carboxylic acids is 1. The maximum Gasteiger partial charge on any atom is 0.261 e. The summed E-state index contributed by atoms with van der Waals surface area (Å²) in [7, 11) is 0. The summed E-state index contributed by atoms with van der Waals surface area (Å²) in [6, 6.07) is 23.1. The molecule has 4 rings (SSSR count). The molecule has 2 heterocycles. The lowest BCUT2D eigenvalue weighted by atomic mass is 10.1. The van der Waals surface area contributed by atoms with E-state index in [0.29, 0.717) is 0 Å². The Balaban J connectivity index is 1.38. The molecule has 1 N–H and O–H groups in total. The molecule has 0 bridgehead atoms. The monoisotopic (exact) mass is 408 g/mol. The standard InChI is InChI=1S/C23H24N2OS2/c1-17(11-12-18-7-3-2-4-8-18)24-23(26)21-13-14-22(28-21)25-15-16-27-20-10-6-5-9-19(20)25/h2-10,13-14,17H,11-12,15-16H2,1H3,(H,24,26). The van der Waals surface area contributed by atoms with E-state index in [-0.39, 0.29) is 11.9 Å². The van der Waals surface area contributed by atoms with Crippen LogP contribution in [0.25, 0.3) is 0 Å². The fourth-order valence-electron chi connectivity index (χ4n) is 3.39. The lowest BCUT2D eigenvalue weighted by Crippen LogP contribution is -2.32. The van der Waals surface area contributed by atoms with Gasteiger partial charge in [-0.25, -0.2) is 0 Å². The molecule has 1 atom stereocenters. The second kappa shape index (κ2) is 8.84. The Kier molecular flexibility index (Phi) is 6.03. The Morgan fingerprint density at radius 2 is 1.86 bits per heavy atom. The van der Waals surface area contributed by atoms with Crippen molar-refractivity contribution in [1.82, 2.24) is 5.32 Å². The highest BCUT2D eigenvalue weighted by Gasteiger charge is 2.21. The van der Waals surface area contributed by atoms with Crippen molar-refractivity contribution in [3.05, 3.63) is 77.2 Å². The molecule has 0 fully saturated rings. The van der Waals surface area contributed by atoms with Crippen LogP contribution in [-0.4, -0.2) is 24.2 Å². The van der Waals surface area contributed by atoms with Crippen molar-refractivity contribution < 1.29 is 4.79 Å². The van der Waals surface area contributed by atoms with Gasteiger partial charge in [0.1, 0.15) is 0 Å². The molecule has 3 nitrogen and oxygen atoms in total. The van der Waals surface area contributed by atoms with Gasteiger partial charge in [-0.3, -0.25) is 4.79 Å². The third-order valence-electron chi connectivity index (χ3n) is 4.90. The number of hydrogen-bond donors (Lipinski definition) is 1. The van der Waals surface area contributed by atoms with Crippen LogP contribution < -0.4 is 10.2 Å². The van der Waals surface area contributed by atoms with Gasteiger partial charge in [0, 0.05) is 23.2 Å². The zero-order chi connectivity index (χ0) is 19.3. The van der Waals surface area contributed by atoms with E-state index in [9.17, 15) is 4.79 Å². The fraction of sp³-hybridized carbons (Fsp3) is 0.261. The van der Waals surface area contributed by atoms with E-state index in [2.05, 4.69) is 71.7 Å². The average molecular weight is 409 g/mol. The summed E-state index contributed by atoms with van der Waals surface area (Å²) in [5, 5.41) is 4.28. The second-order valence-corrected chi connectivity index (χ2v) is 9.20. The first-order valence-corrected chi connectivity index (χ1v) is 11.4. The van der Waals surface area contributed by atoms with Crippen molar-refractivity contribution >= 4 is 39.7 Å². The molecule has 1 aliphatic rings. The van der Waals surface area contributed by atoms with E-state index in [4.69, 9.17) is 0 Å². The molecule has 0 aliphatic carbocycles. The molecule has 1 aliphatic heterocycles. The lowest BCUT2D eigenvalue weighted by Gasteiger charge is -2.29. The Morgan fingerprint density at radius 3 is 2.71 bits per heavy atom. The Bertz CT molecular complexity index is 939. The van der Waals surface area contributed by atoms with Crippen LogP contribution in [0.2, 0.25) is 0 Å². The van der Waals surface area contributed by atoms with Gasteiger partial charge in [-0.15, -0.1) is 23.1 Å². The van der Waals surface area contributed by atoms with Crippen molar-refractivity contribution in [2.24, 2.45) is 0 Å². The van der Waals surface area contributed by atoms with Crippen LogP contribution >= 0.6 is 23.1 Å². The predicted molar refractivity (Wildman–Crippen MR) is 120 cm³/mol. The maximum atomic E-state index is 12.7. The topological polar surface area (TPSA) is 32.3 Å². The van der Waals surface area contributed by atoms with Gasteiger partial charge < -0.3 is 10.2 Å². The van der Waals surface area contributed by atoms with E-state index in [1.54, 1.807) is 11.3 Å². The Morgan fingerprint density at radius 1 is 1.07 bits per heavy atom. The van der Waals surface area contributed by atoms with Crippen LogP contribution in [0.15, 0.2) is 71.6 Å².